The molecule has 3 nitrogen and oxygen atoms in total. The molecule has 0 amide bonds. The van der Waals surface area contributed by atoms with Crippen molar-refractivity contribution in [3.8, 4) is 11.5 Å². The topological polar surface area (TPSA) is 35.5 Å². The van der Waals surface area contributed by atoms with Crippen molar-refractivity contribution in [3.63, 3.8) is 0 Å². The van der Waals surface area contributed by atoms with Crippen LogP contribution in [0.3, 0.4) is 0 Å². The average molecular weight is 366 g/mol. The minimum absolute atomic E-state index is 0.136. The highest BCUT2D eigenvalue weighted by Crippen LogP contribution is 2.37. The number of hydrogen-bond donors (Lipinski definition) is 0. The summed E-state index contributed by atoms with van der Waals surface area (Å²) in [5.74, 6) is -0.494. The zero-order chi connectivity index (χ0) is 18.0. The standard InChI is InChI=1S/C18H13F3O3S/c1-23-14-4-2-3-10(17(14)24-18(20)21)7-11-9-25-15-6-5-12(19)8-13(15)16(11)22/h2-8,18H,9H2,1H3/b11-7+. The van der Waals surface area contributed by atoms with E-state index in [1.165, 1.54) is 43.1 Å². The molecule has 3 rings (SSSR count). The quantitative estimate of drug-likeness (QED) is 0.728. The molecule has 0 radical (unpaired) electrons. The summed E-state index contributed by atoms with van der Waals surface area (Å²) in [5, 5.41) is 0. The van der Waals surface area contributed by atoms with Crippen molar-refractivity contribution in [2.24, 2.45) is 0 Å². The lowest BCUT2D eigenvalue weighted by atomic mass is 10.0. The number of rotatable bonds is 4. The molecule has 0 saturated carbocycles. The summed E-state index contributed by atoms with van der Waals surface area (Å²) in [4.78, 5) is 13.3. The smallest absolute Gasteiger partial charge is 0.387 e. The lowest BCUT2D eigenvalue weighted by Crippen LogP contribution is -2.13. The molecule has 1 heterocycles. The molecule has 1 aliphatic rings. The summed E-state index contributed by atoms with van der Waals surface area (Å²) in [6.07, 6.45) is 1.48. The third-order valence-electron chi connectivity index (χ3n) is 3.63. The van der Waals surface area contributed by atoms with Crippen molar-refractivity contribution in [2.45, 2.75) is 11.5 Å². The second-order valence-electron chi connectivity index (χ2n) is 5.18. The number of Topliss-reactive ketones (excluding diaryl/α,β-unsaturated/α-hetero) is 1. The van der Waals surface area contributed by atoms with E-state index in [0.29, 0.717) is 21.8 Å². The number of benzene rings is 2. The maximum atomic E-state index is 13.4. The first-order valence-electron chi connectivity index (χ1n) is 7.29. The summed E-state index contributed by atoms with van der Waals surface area (Å²) < 4.78 is 48.4. The summed E-state index contributed by atoms with van der Waals surface area (Å²) in [6, 6.07) is 8.68. The molecule has 0 spiro atoms. The molecule has 0 bridgehead atoms. The van der Waals surface area contributed by atoms with Crippen LogP contribution in [0.2, 0.25) is 0 Å². The number of fused-ring (bicyclic) bond motifs is 1. The predicted octanol–water partition coefficient (Wildman–Crippen LogP) is 4.81. The van der Waals surface area contributed by atoms with E-state index >= 15 is 0 Å². The number of alkyl halides is 2. The van der Waals surface area contributed by atoms with Crippen molar-refractivity contribution in [2.75, 3.05) is 12.9 Å². The average Bonchev–Trinajstić information content (AvgIpc) is 2.58. The maximum Gasteiger partial charge on any atom is 0.387 e. The van der Waals surface area contributed by atoms with Crippen molar-refractivity contribution >= 4 is 23.6 Å². The normalized spacial score (nSPS) is 15.4. The molecule has 0 unspecified atom stereocenters. The van der Waals surface area contributed by atoms with Crippen LogP contribution in [-0.2, 0) is 0 Å². The Morgan fingerprint density at radius 1 is 1.24 bits per heavy atom. The third kappa shape index (κ3) is 3.66. The molecule has 130 valence electrons. The number of carbonyl (C=O) groups is 1. The summed E-state index contributed by atoms with van der Waals surface area (Å²) in [6.45, 7) is -3.03. The number of hydrogen-bond acceptors (Lipinski definition) is 4. The van der Waals surface area contributed by atoms with Crippen LogP contribution in [0.25, 0.3) is 6.08 Å². The minimum Gasteiger partial charge on any atom is -0.493 e. The second kappa shape index (κ2) is 7.23. The summed E-state index contributed by atoms with van der Waals surface area (Å²) >= 11 is 1.38. The van der Waals surface area contributed by atoms with E-state index in [-0.39, 0.29) is 22.8 Å². The van der Waals surface area contributed by atoms with Crippen LogP contribution in [0, 0.1) is 5.82 Å². The van der Waals surface area contributed by atoms with E-state index in [4.69, 9.17) is 4.74 Å². The summed E-state index contributed by atoms with van der Waals surface area (Å²) in [5.41, 5.74) is 0.931. The first kappa shape index (κ1) is 17.4. The Bertz CT molecular complexity index is 849. The van der Waals surface area contributed by atoms with Gasteiger partial charge in [0, 0.05) is 27.3 Å². The van der Waals surface area contributed by atoms with Gasteiger partial charge in [-0.25, -0.2) is 4.39 Å². The van der Waals surface area contributed by atoms with Gasteiger partial charge in [-0.15, -0.1) is 11.8 Å². The van der Waals surface area contributed by atoms with E-state index in [9.17, 15) is 18.0 Å². The predicted molar refractivity (Wildman–Crippen MR) is 89.1 cm³/mol. The van der Waals surface area contributed by atoms with Crippen molar-refractivity contribution in [1.29, 1.82) is 0 Å². The molecule has 0 saturated heterocycles. The van der Waals surface area contributed by atoms with Gasteiger partial charge in [0.2, 0.25) is 0 Å². The van der Waals surface area contributed by atoms with Gasteiger partial charge in [0.25, 0.3) is 0 Å². The molecule has 0 aliphatic carbocycles. The van der Waals surface area contributed by atoms with Crippen LogP contribution in [0.1, 0.15) is 15.9 Å². The molecule has 0 fully saturated rings. The molecule has 0 aromatic heterocycles. The second-order valence-corrected chi connectivity index (χ2v) is 6.20. The van der Waals surface area contributed by atoms with E-state index in [0.717, 1.165) is 0 Å². The fourth-order valence-electron chi connectivity index (χ4n) is 2.52. The van der Waals surface area contributed by atoms with E-state index in [2.05, 4.69) is 4.74 Å². The molecular weight excluding hydrogens is 353 g/mol. The summed E-state index contributed by atoms with van der Waals surface area (Å²) in [7, 11) is 1.34. The highest BCUT2D eigenvalue weighted by atomic mass is 32.2. The number of carbonyl (C=O) groups excluding carboxylic acids is 1. The van der Waals surface area contributed by atoms with Gasteiger partial charge in [-0.05, 0) is 30.3 Å². The van der Waals surface area contributed by atoms with Crippen LogP contribution < -0.4 is 9.47 Å². The highest BCUT2D eigenvalue weighted by Gasteiger charge is 2.24. The first-order chi connectivity index (χ1) is 12.0. The monoisotopic (exact) mass is 366 g/mol. The van der Waals surface area contributed by atoms with Gasteiger partial charge in [-0.3, -0.25) is 4.79 Å². The molecule has 7 heteroatoms. The Balaban J connectivity index is 2.03. The zero-order valence-corrected chi connectivity index (χ0v) is 13.9. The molecule has 1 aliphatic heterocycles. The Morgan fingerprint density at radius 3 is 2.76 bits per heavy atom. The highest BCUT2D eigenvalue weighted by molar-refractivity contribution is 7.99. The maximum absolute atomic E-state index is 13.4. The van der Waals surface area contributed by atoms with E-state index in [1.54, 1.807) is 18.2 Å². The van der Waals surface area contributed by atoms with Crippen LogP contribution in [-0.4, -0.2) is 25.3 Å². The molecular formula is C18H13F3O3S. The van der Waals surface area contributed by atoms with Gasteiger partial charge in [0.05, 0.1) is 7.11 Å². The van der Waals surface area contributed by atoms with Crippen LogP contribution in [0.5, 0.6) is 11.5 Å². The molecule has 0 N–H and O–H groups in total. The number of halogens is 3. The SMILES string of the molecule is COc1cccc(/C=C2\CSc3ccc(F)cc3C2=O)c1OC(F)F. The number of ketones is 1. The fraction of sp³-hybridized carbons (Fsp3) is 0.167. The Hall–Kier alpha value is -2.41. The van der Waals surface area contributed by atoms with Crippen molar-refractivity contribution in [1.82, 2.24) is 0 Å². The van der Waals surface area contributed by atoms with Crippen molar-refractivity contribution < 1.29 is 27.4 Å². The minimum atomic E-state index is -3.03. The van der Waals surface area contributed by atoms with Gasteiger partial charge in [0.15, 0.2) is 17.3 Å². The molecule has 25 heavy (non-hydrogen) atoms. The number of ether oxygens (including phenoxy) is 2. The number of methoxy groups -OCH3 is 1. The van der Waals surface area contributed by atoms with Gasteiger partial charge in [-0.1, -0.05) is 12.1 Å². The number of para-hydroxylation sites is 1. The number of thioether (sulfide) groups is 1. The van der Waals surface area contributed by atoms with Gasteiger partial charge in [0.1, 0.15) is 5.82 Å². The Kier molecular flexibility index (Phi) is 5.03. The van der Waals surface area contributed by atoms with Crippen LogP contribution in [0.15, 0.2) is 46.9 Å². The van der Waals surface area contributed by atoms with E-state index < -0.39 is 12.4 Å². The molecule has 2 aromatic carbocycles. The third-order valence-corrected chi connectivity index (χ3v) is 4.75. The Morgan fingerprint density at radius 2 is 2.04 bits per heavy atom. The van der Waals surface area contributed by atoms with E-state index in [1.807, 2.05) is 0 Å². The van der Waals surface area contributed by atoms with Crippen LogP contribution in [0.4, 0.5) is 13.2 Å². The first-order valence-corrected chi connectivity index (χ1v) is 8.27. The Labute approximate surface area is 146 Å². The van der Waals surface area contributed by atoms with Crippen molar-refractivity contribution in [3.05, 3.63) is 58.9 Å². The largest absolute Gasteiger partial charge is 0.493 e. The molecule has 0 atom stereocenters. The van der Waals surface area contributed by atoms with Gasteiger partial charge >= 0.3 is 6.61 Å². The fourth-order valence-corrected chi connectivity index (χ4v) is 3.51. The lowest BCUT2D eigenvalue weighted by molar-refractivity contribution is -0.0513. The zero-order valence-electron chi connectivity index (χ0n) is 13.1. The van der Waals surface area contributed by atoms with Gasteiger partial charge in [-0.2, -0.15) is 8.78 Å². The lowest BCUT2D eigenvalue weighted by Gasteiger charge is -2.18. The van der Waals surface area contributed by atoms with Gasteiger partial charge < -0.3 is 9.47 Å². The van der Waals surface area contributed by atoms with Crippen LogP contribution >= 0.6 is 11.8 Å². The molecule has 2 aromatic rings.